The minimum Gasteiger partial charge on any atom is -0.262 e. The van der Waals surface area contributed by atoms with E-state index in [0.717, 1.165) is 6.33 Å². The zero-order chi connectivity index (χ0) is 15.6. The van der Waals surface area contributed by atoms with Gasteiger partial charge in [0.15, 0.2) is 0 Å². The molecule has 2 N–H and O–H groups in total. The molecule has 0 aliphatic heterocycles. The molecular weight excluding hydrogens is 312 g/mol. The van der Waals surface area contributed by atoms with Crippen LogP contribution in [0.1, 0.15) is 5.82 Å². The van der Waals surface area contributed by atoms with Crippen molar-refractivity contribution in [3.8, 4) is 0 Å². The molecular formula is C9H7F2N5O4S. The molecule has 12 heteroatoms. The second-order valence-corrected chi connectivity index (χ2v) is 5.48. The lowest BCUT2D eigenvalue weighted by Crippen LogP contribution is -2.25. The van der Waals surface area contributed by atoms with Crippen molar-refractivity contribution < 1.29 is 22.1 Å². The molecule has 0 unspecified atom stereocenters. The number of aromatic amines is 1. The number of nitrogens with zero attached hydrogens (tertiary/aromatic N) is 3. The van der Waals surface area contributed by atoms with Gasteiger partial charge in [-0.3, -0.25) is 15.2 Å². The molecule has 21 heavy (non-hydrogen) atoms. The van der Waals surface area contributed by atoms with Crippen molar-refractivity contribution in [3.63, 3.8) is 0 Å². The summed E-state index contributed by atoms with van der Waals surface area (Å²) >= 11 is 0. The van der Waals surface area contributed by atoms with Crippen LogP contribution in [0.2, 0.25) is 0 Å². The van der Waals surface area contributed by atoms with Crippen LogP contribution < -0.4 is 4.72 Å². The van der Waals surface area contributed by atoms with Crippen LogP contribution in [0.5, 0.6) is 0 Å². The summed E-state index contributed by atoms with van der Waals surface area (Å²) in [4.78, 5) is 12.0. The van der Waals surface area contributed by atoms with Crippen LogP contribution in [-0.4, -0.2) is 28.5 Å². The van der Waals surface area contributed by atoms with Gasteiger partial charge in [0.1, 0.15) is 22.9 Å². The summed E-state index contributed by atoms with van der Waals surface area (Å²) in [5, 5.41) is 16.4. The molecule has 0 aliphatic rings. The molecule has 0 spiro atoms. The molecule has 112 valence electrons. The van der Waals surface area contributed by atoms with E-state index < -0.39 is 37.2 Å². The average molecular weight is 319 g/mol. The van der Waals surface area contributed by atoms with Gasteiger partial charge in [0, 0.05) is 12.1 Å². The van der Waals surface area contributed by atoms with Gasteiger partial charge < -0.3 is 0 Å². The zero-order valence-corrected chi connectivity index (χ0v) is 10.9. The quantitative estimate of drug-likeness (QED) is 0.608. The smallest absolute Gasteiger partial charge is 0.262 e. The maximum Gasteiger partial charge on any atom is 0.306 e. The van der Waals surface area contributed by atoms with Crippen molar-refractivity contribution in [1.29, 1.82) is 0 Å². The summed E-state index contributed by atoms with van der Waals surface area (Å²) in [5.74, 6) is -2.76. The lowest BCUT2D eigenvalue weighted by Gasteiger charge is -2.06. The molecule has 0 amide bonds. The first kappa shape index (κ1) is 14.9. The molecule has 2 rings (SSSR count). The van der Waals surface area contributed by atoms with E-state index in [-0.39, 0.29) is 18.4 Å². The standard InChI is InChI=1S/C9H7F2N5O4S/c10-5-1-6(11)8(2-7(5)16(17)18)21(19,20)14-3-9-12-4-13-15-9/h1-2,4,14H,3H2,(H,12,13,15). The highest BCUT2D eigenvalue weighted by Crippen LogP contribution is 2.24. The third kappa shape index (κ3) is 3.17. The molecule has 9 nitrogen and oxygen atoms in total. The van der Waals surface area contributed by atoms with Crippen LogP contribution in [0.15, 0.2) is 23.4 Å². The van der Waals surface area contributed by atoms with Gasteiger partial charge in [-0.2, -0.15) is 9.49 Å². The van der Waals surface area contributed by atoms with Crippen molar-refractivity contribution in [2.24, 2.45) is 0 Å². The summed E-state index contributed by atoms with van der Waals surface area (Å²) in [7, 11) is -4.42. The van der Waals surface area contributed by atoms with E-state index in [1.807, 2.05) is 4.72 Å². The lowest BCUT2D eigenvalue weighted by molar-refractivity contribution is -0.387. The average Bonchev–Trinajstić information content (AvgIpc) is 2.88. The minimum atomic E-state index is -4.42. The first-order chi connectivity index (χ1) is 9.81. The summed E-state index contributed by atoms with van der Waals surface area (Å²) < 4.78 is 52.4. The fourth-order valence-electron chi connectivity index (χ4n) is 1.42. The highest BCUT2D eigenvalue weighted by Gasteiger charge is 2.26. The SMILES string of the molecule is O=[N+]([O-])c1cc(S(=O)(=O)NCc2ncn[nH]2)c(F)cc1F. The summed E-state index contributed by atoms with van der Waals surface area (Å²) in [6, 6.07) is 0.453. The number of nitro benzene ring substituents is 1. The predicted molar refractivity (Wildman–Crippen MR) is 63.4 cm³/mol. The Hall–Kier alpha value is -2.47. The molecule has 0 bridgehead atoms. The molecule has 1 aromatic carbocycles. The molecule has 1 aromatic heterocycles. The second-order valence-electron chi connectivity index (χ2n) is 3.75. The third-order valence-corrected chi connectivity index (χ3v) is 3.80. The minimum absolute atomic E-state index is 0.140. The van der Waals surface area contributed by atoms with E-state index in [4.69, 9.17) is 0 Å². The Kier molecular flexibility index (Phi) is 3.90. The normalized spacial score (nSPS) is 11.5. The predicted octanol–water partition coefficient (Wildman–Crippen LogP) is 0.470. The number of rotatable bonds is 5. The Morgan fingerprint density at radius 1 is 1.33 bits per heavy atom. The number of aromatic nitrogens is 3. The van der Waals surface area contributed by atoms with Gasteiger partial charge in [-0.05, 0) is 0 Å². The Bertz CT molecular complexity index is 778. The molecule has 2 aromatic rings. The Labute approximate surface area is 116 Å². The first-order valence-electron chi connectivity index (χ1n) is 5.28. The fourth-order valence-corrected chi connectivity index (χ4v) is 2.49. The Morgan fingerprint density at radius 3 is 2.62 bits per heavy atom. The largest absolute Gasteiger partial charge is 0.306 e. The molecule has 0 saturated carbocycles. The summed E-state index contributed by atoms with van der Waals surface area (Å²) in [6.07, 6.45) is 1.13. The molecule has 0 fully saturated rings. The van der Waals surface area contributed by atoms with Crippen LogP contribution >= 0.6 is 0 Å². The van der Waals surface area contributed by atoms with Crippen LogP contribution in [-0.2, 0) is 16.6 Å². The number of nitro groups is 1. The van der Waals surface area contributed by atoms with E-state index in [9.17, 15) is 27.3 Å². The van der Waals surface area contributed by atoms with Crippen molar-refractivity contribution >= 4 is 15.7 Å². The maximum atomic E-state index is 13.5. The van der Waals surface area contributed by atoms with E-state index in [2.05, 4.69) is 15.2 Å². The maximum absolute atomic E-state index is 13.5. The third-order valence-electron chi connectivity index (χ3n) is 2.38. The first-order valence-corrected chi connectivity index (χ1v) is 6.77. The number of benzene rings is 1. The van der Waals surface area contributed by atoms with E-state index >= 15 is 0 Å². The van der Waals surface area contributed by atoms with E-state index in [1.165, 1.54) is 0 Å². The Balaban J connectivity index is 2.35. The number of nitrogens with one attached hydrogen (secondary N) is 2. The number of H-pyrrole nitrogens is 1. The number of hydrogen-bond acceptors (Lipinski definition) is 6. The number of halogens is 2. The fraction of sp³-hybridized carbons (Fsp3) is 0.111. The van der Waals surface area contributed by atoms with Crippen molar-refractivity contribution in [2.75, 3.05) is 0 Å². The molecule has 0 radical (unpaired) electrons. The number of hydrogen-bond donors (Lipinski definition) is 2. The molecule has 0 aliphatic carbocycles. The van der Waals surface area contributed by atoms with Gasteiger partial charge in [-0.25, -0.2) is 22.5 Å². The van der Waals surface area contributed by atoms with Crippen LogP contribution in [0.3, 0.4) is 0 Å². The topological polar surface area (TPSA) is 131 Å². The molecule has 1 heterocycles. The van der Waals surface area contributed by atoms with E-state index in [1.54, 1.807) is 0 Å². The number of sulfonamides is 1. The van der Waals surface area contributed by atoms with Crippen LogP contribution in [0.4, 0.5) is 14.5 Å². The molecule has 0 atom stereocenters. The monoisotopic (exact) mass is 319 g/mol. The van der Waals surface area contributed by atoms with E-state index in [0.29, 0.717) is 6.07 Å². The van der Waals surface area contributed by atoms with Gasteiger partial charge in [-0.15, -0.1) is 0 Å². The van der Waals surface area contributed by atoms with Gasteiger partial charge in [-0.1, -0.05) is 0 Å². The molecule has 0 saturated heterocycles. The zero-order valence-electron chi connectivity index (χ0n) is 10.1. The summed E-state index contributed by atoms with van der Waals surface area (Å²) in [6.45, 7) is -0.340. The lowest BCUT2D eigenvalue weighted by atomic mass is 10.3. The van der Waals surface area contributed by atoms with Crippen molar-refractivity contribution in [2.45, 2.75) is 11.4 Å². The van der Waals surface area contributed by atoms with Crippen LogP contribution in [0, 0.1) is 21.7 Å². The van der Waals surface area contributed by atoms with Gasteiger partial charge in [0.25, 0.3) is 0 Å². The second kappa shape index (κ2) is 5.49. The van der Waals surface area contributed by atoms with Crippen molar-refractivity contribution in [1.82, 2.24) is 19.9 Å². The van der Waals surface area contributed by atoms with Gasteiger partial charge in [0.05, 0.1) is 11.5 Å². The summed E-state index contributed by atoms with van der Waals surface area (Å²) in [5.41, 5.74) is -1.14. The van der Waals surface area contributed by atoms with Gasteiger partial charge in [0.2, 0.25) is 15.8 Å². The highest BCUT2D eigenvalue weighted by atomic mass is 32.2. The Morgan fingerprint density at radius 2 is 2.05 bits per heavy atom. The van der Waals surface area contributed by atoms with Gasteiger partial charge >= 0.3 is 5.69 Å². The van der Waals surface area contributed by atoms with Crippen molar-refractivity contribution in [3.05, 3.63) is 46.0 Å². The highest BCUT2D eigenvalue weighted by molar-refractivity contribution is 7.89. The van der Waals surface area contributed by atoms with Crippen LogP contribution in [0.25, 0.3) is 0 Å².